The van der Waals surface area contributed by atoms with Crippen molar-refractivity contribution in [2.75, 3.05) is 5.73 Å². The summed E-state index contributed by atoms with van der Waals surface area (Å²) in [6.45, 7) is 0. The van der Waals surface area contributed by atoms with Crippen LogP contribution in [0.1, 0.15) is 16.8 Å². The quantitative estimate of drug-likeness (QED) is 0.895. The van der Waals surface area contributed by atoms with Gasteiger partial charge in [0.15, 0.2) is 0 Å². The van der Waals surface area contributed by atoms with Gasteiger partial charge in [-0.25, -0.2) is 0 Å². The van der Waals surface area contributed by atoms with Crippen LogP contribution in [0.25, 0.3) is 0 Å². The normalized spacial score (nSPS) is 11.5. The Bertz CT molecular complexity index is 535. The number of nitrogen functional groups attached to an aromatic ring is 1. The summed E-state index contributed by atoms with van der Waals surface area (Å²) in [6.07, 6.45) is -4.29. The van der Waals surface area contributed by atoms with Crippen molar-refractivity contribution in [2.24, 2.45) is 0 Å². The van der Waals surface area contributed by atoms with Gasteiger partial charge in [-0.05, 0) is 23.8 Å². The van der Waals surface area contributed by atoms with Crippen LogP contribution in [0.5, 0.6) is 0 Å². The van der Waals surface area contributed by atoms with Crippen LogP contribution in [0.3, 0.4) is 0 Å². The summed E-state index contributed by atoms with van der Waals surface area (Å²) >= 11 is 0. The Kier molecular flexibility index (Phi) is 3.18. The van der Waals surface area contributed by atoms with E-state index >= 15 is 0 Å². The standard InChI is InChI=1S/C12H10F3N3/c13-12(14,15)10-4-2-1-3-8(10)7-9-5-6-11(16)18-17-9/h1-6H,7H2,(H2,16,18). The van der Waals surface area contributed by atoms with E-state index in [1.165, 1.54) is 18.2 Å². The number of alkyl halides is 3. The zero-order chi connectivity index (χ0) is 13.2. The number of halogens is 3. The Morgan fingerprint density at radius 1 is 1.00 bits per heavy atom. The molecule has 6 heteroatoms. The summed E-state index contributed by atoms with van der Waals surface area (Å²) in [4.78, 5) is 0. The molecule has 0 saturated carbocycles. The monoisotopic (exact) mass is 253 g/mol. The van der Waals surface area contributed by atoms with Gasteiger partial charge in [-0.3, -0.25) is 0 Å². The second-order valence-electron chi connectivity index (χ2n) is 3.78. The van der Waals surface area contributed by atoms with Gasteiger partial charge in [0.1, 0.15) is 5.82 Å². The highest BCUT2D eigenvalue weighted by atomic mass is 19.4. The average Bonchev–Trinajstić information content (AvgIpc) is 2.31. The van der Waals surface area contributed by atoms with Crippen LogP contribution in [0, 0.1) is 0 Å². The summed E-state index contributed by atoms with van der Waals surface area (Å²) in [5.74, 6) is 0.239. The molecule has 0 bridgehead atoms. The third kappa shape index (κ3) is 2.77. The fourth-order valence-electron chi connectivity index (χ4n) is 1.61. The van der Waals surface area contributed by atoms with Crippen molar-refractivity contribution in [1.82, 2.24) is 10.2 Å². The Morgan fingerprint density at radius 3 is 2.33 bits per heavy atom. The molecule has 1 aromatic carbocycles. The van der Waals surface area contributed by atoms with Crippen molar-refractivity contribution in [3.63, 3.8) is 0 Å². The lowest BCUT2D eigenvalue weighted by atomic mass is 10.0. The highest BCUT2D eigenvalue weighted by Crippen LogP contribution is 2.32. The summed E-state index contributed by atoms with van der Waals surface area (Å²) in [5.41, 5.74) is 5.33. The first-order valence-corrected chi connectivity index (χ1v) is 5.20. The SMILES string of the molecule is Nc1ccc(Cc2ccccc2C(F)(F)F)nn1. The molecule has 1 aromatic heterocycles. The molecule has 2 aromatic rings. The maximum absolute atomic E-state index is 12.8. The molecule has 0 aliphatic heterocycles. The lowest BCUT2D eigenvalue weighted by Gasteiger charge is -2.11. The average molecular weight is 253 g/mol. The highest BCUT2D eigenvalue weighted by Gasteiger charge is 2.32. The van der Waals surface area contributed by atoms with Crippen LogP contribution in [-0.4, -0.2) is 10.2 Å². The van der Waals surface area contributed by atoms with Gasteiger partial charge in [0.2, 0.25) is 0 Å². The first-order valence-electron chi connectivity index (χ1n) is 5.20. The van der Waals surface area contributed by atoms with E-state index in [4.69, 9.17) is 5.73 Å². The molecule has 3 nitrogen and oxygen atoms in total. The summed E-state index contributed by atoms with van der Waals surface area (Å²) in [5, 5.41) is 7.37. The number of aromatic nitrogens is 2. The molecule has 0 radical (unpaired) electrons. The molecule has 1 heterocycles. The van der Waals surface area contributed by atoms with E-state index in [2.05, 4.69) is 10.2 Å². The molecular weight excluding hydrogens is 243 g/mol. The molecule has 2 rings (SSSR count). The van der Waals surface area contributed by atoms with Gasteiger partial charge >= 0.3 is 6.18 Å². The minimum Gasteiger partial charge on any atom is -0.382 e. The minimum atomic E-state index is -4.36. The van der Waals surface area contributed by atoms with Crippen LogP contribution in [-0.2, 0) is 12.6 Å². The molecule has 0 spiro atoms. The Morgan fingerprint density at radius 2 is 1.72 bits per heavy atom. The number of rotatable bonds is 2. The van der Waals surface area contributed by atoms with Crippen molar-refractivity contribution in [1.29, 1.82) is 0 Å². The van der Waals surface area contributed by atoms with Crippen molar-refractivity contribution in [2.45, 2.75) is 12.6 Å². The van der Waals surface area contributed by atoms with Gasteiger partial charge in [-0.1, -0.05) is 18.2 Å². The number of anilines is 1. The second kappa shape index (κ2) is 4.64. The lowest BCUT2D eigenvalue weighted by Crippen LogP contribution is -2.10. The van der Waals surface area contributed by atoms with Gasteiger partial charge < -0.3 is 5.73 Å². The van der Waals surface area contributed by atoms with Crippen LogP contribution in [0.4, 0.5) is 19.0 Å². The molecule has 0 aliphatic rings. The van der Waals surface area contributed by atoms with E-state index in [0.717, 1.165) is 6.07 Å². The number of nitrogens with two attached hydrogens (primary N) is 1. The molecule has 18 heavy (non-hydrogen) atoms. The van der Waals surface area contributed by atoms with Crippen molar-refractivity contribution in [3.8, 4) is 0 Å². The zero-order valence-corrected chi connectivity index (χ0v) is 9.28. The van der Waals surface area contributed by atoms with E-state index in [9.17, 15) is 13.2 Å². The largest absolute Gasteiger partial charge is 0.416 e. The fourth-order valence-corrected chi connectivity index (χ4v) is 1.61. The predicted octanol–water partition coefficient (Wildman–Crippen LogP) is 2.67. The smallest absolute Gasteiger partial charge is 0.382 e. The molecule has 0 amide bonds. The van der Waals surface area contributed by atoms with Gasteiger partial charge in [0, 0.05) is 6.42 Å². The molecule has 2 N–H and O–H groups in total. The Hall–Kier alpha value is -2.11. The van der Waals surface area contributed by atoms with E-state index < -0.39 is 11.7 Å². The maximum Gasteiger partial charge on any atom is 0.416 e. The molecule has 0 saturated heterocycles. The van der Waals surface area contributed by atoms with E-state index in [-0.39, 0.29) is 17.8 Å². The van der Waals surface area contributed by atoms with Crippen LogP contribution < -0.4 is 5.73 Å². The van der Waals surface area contributed by atoms with Crippen LogP contribution in [0.2, 0.25) is 0 Å². The fraction of sp³-hybridized carbons (Fsp3) is 0.167. The topological polar surface area (TPSA) is 51.8 Å². The molecule has 0 atom stereocenters. The number of benzene rings is 1. The predicted molar refractivity (Wildman–Crippen MR) is 60.7 cm³/mol. The third-order valence-electron chi connectivity index (χ3n) is 2.43. The van der Waals surface area contributed by atoms with Crippen molar-refractivity contribution in [3.05, 3.63) is 53.2 Å². The highest BCUT2D eigenvalue weighted by molar-refractivity contribution is 5.34. The van der Waals surface area contributed by atoms with Gasteiger partial charge in [-0.2, -0.15) is 18.3 Å². The van der Waals surface area contributed by atoms with Crippen LogP contribution in [0.15, 0.2) is 36.4 Å². The molecule has 0 unspecified atom stereocenters. The Balaban J connectivity index is 2.32. The maximum atomic E-state index is 12.8. The molecule has 0 aliphatic carbocycles. The second-order valence-corrected chi connectivity index (χ2v) is 3.78. The van der Waals surface area contributed by atoms with E-state index in [0.29, 0.717) is 5.69 Å². The van der Waals surface area contributed by atoms with Gasteiger partial charge in [0.25, 0.3) is 0 Å². The first kappa shape index (κ1) is 12.3. The molecule has 0 fully saturated rings. The van der Waals surface area contributed by atoms with Gasteiger partial charge in [-0.15, -0.1) is 5.10 Å². The number of hydrogen-bond acceptors (Lipinski definition) is 3. The van der Waals surface area contributed by atoms with E-state index in [1.807, 2.05) is 0 Å². The van der Waals surface area contributed by atoms with Crippen LogP contribution >= 0.6 is 0 Å². The molecule has 94 valence electrons. The molecular formula is C12H10F3N3. The lowest BCUT2D eigenvalue weighted by molar-refractivity contribution is -0.138. The summed E-state index contributed by atoms with van der Waals surface area (Å²) < 4.78 is 38.3. The Labute approximate surface area is 101 Å². The number of nitrogens with zero attached hydrogens (tertiary/aromatic N) is 2. The number of hydrogen-bond donors (Lipinski definition) is 1. The third-order valence-corrected chi connectivity index (χ3v) is 2.43. The van der Waals surface area contributed by atoms with Gasteiger partial charge in [0.05, 0.1) is 11.3 Å². The zero-order valence-electron chi connectivity index (χ0n) is 9.28. The van der Waals surface area contributed by atoms with E-state index in [1.54, 1.807) is 12.1 Å². The van der Waals surface area contributed by atoms with Crippen molar-refractivity contribution < 1.29 is 13.2 Å². The first-order chi connectivity index (χ1) is 8.47. The summed E-state index contributed by atoms with van der Waals surface area (Å²) in [7, 11) is 0. The van der Waals surface area contributed by atoms with Crippen molar-refractivity contribution >= 4 is 5.82 Å². The minimum absolute atomic E-state index is 0.0724. The summed E-state index contributed by atoms with van der Waals surface area (Å²) in [6, 6.07) is 8.49.